The van der Waals surface area contributed by atoms with Crippen LogP contribution in [0.25, 0.3) is 0 Å². The van der Waals surface area contributed by atoms with Crippen molar-refractivity contribution in [1.29, 1.82) is 0 Å². The van der Waals surface area contributed by atoms with Crippen LogP contribution in [0.4, 0.5) is 5.69 Å². The number of nitrogens with one attached hydrogen (secondary N) is 2. The van der Waals surface area contributed by atoms with Crippen LogP contribution in [0.15, 0.2) is 23.1 Å². The second-order valence-corrected chi connectivity index (χ2v) is 6.84. The highest BCUT2D eigenvalue weighted by Gasteiger charge is 2.25. The Hall–Kier alpha value is -1.51. The summed E-state index contributed by atoms with van der Waals surface area (Å²) in [6, 6.07) is 3.97. The Morgan fingerprint density at radius 2 is 2.10 bits per heavy atom. The Balaban J connectivity index is 2.27. The number of sulfonamides is 1. The number of rotatable bonds is 4. The van der Waals surface area contributed by atoms with Crippen molar-refractivity contribution >= 4 is 15.7 Å². The average molecular weight is 313 g/mol. The molecule has 1 fully saturated rings. The molecule has 0 amide bonds. The molecule has 1 aliphatic heterocycles. The molecule has 1 atom stereocenters. The summed E-state index contributed by atoms with van der Waals surface area (Å²) in [4.78, 5) is 10.3. The van der Waals surface area contributed by atoms with E-state index in [1.807, 2.05) is 0 Å². The van der Waals surface area contributed by atoms with Gasteiger partial charge in [-0.2, -0.15) is 0 Å². The summed E-state index contributed by atoms with van der Waals surface area (Å²) < 4.78 is 27.6. The van der Waals surface area contributed by atoms with Crippen molar-refractivity contribution in [2.75, 3.05) is 13.1 Å². The number of nitrogens with zero attached hydrogens (tertiary/aromatic N) is 1. The van der Waals surface area contributed by atoms with Crippen molar-refractivity contribution < 1.29 is 13.3 Å². The number of nitro benzene ring substituents is 1. The Morgan fingerprint density at radius 1 is 1.33 bits per heavy atom. The smallest absolute Gasteiger partial charge is 0.273 e. The second kappa shape index (κ2) is 6.50. The molecule has 8 heteroatoms. The van der Waals surface area contributed by atoms with Crippen LogP contribution in [0.3, 0.4) is 0 Å². The molecule has 1 heterocycles. The maximum Gasteiger partial charge on any atom is 0.273 e. The zero-order valence-electron chi connectivity index (χ0n) is 11.8. The first-order valence-corrected chi connectivity index (χ1v) is 8.37. The van der Waals surface area contributed by atoms with E-state index < -0.39 is 14.9 Å². The zero-order chi connectivity index (χ0) is 15.5. The monoisotopic (exact) mass is 313 g/mol. The highest BCUT2D eigenvalue weighted by atomic mass is 32.2. The van der Waals surface area contributed by atoms with Gasteiger partial charge >= 0.3 is 0 Å². The Labute approximate surface area is 123 Å². The van der Waals surface area contributed by atoms with Crippen molar-refractivity contribution in [2.24, 2.45) is 0 Å². The van der Waals surface area contributed by atoms with Crippen LogP contribution in [0, 0.1) is 17.0 Å². The third-order valence-electron chi connectivity index (χ3n) is 3.64. The average Bonchev–Trinajstić information content (AvgIpc) is 2.66. The van der Waals surface area contributed by atoms with Gasteiger partial charge in [-0.1, -0.05) is 6.07 Å². The second-order valence-electron chi connectivity index (χ2n) is 5.16. The number of hydrogen-bond acceptors (Lipinski definition) is 5. The van der Waals surface area contributed by atoms with Crippen molar-refractivity contribution in [1.82, 2.24) is 10.0 Å². The molecule has 1 aromatic rings. The first kappa shape index (κ1) is 15.9. The molecule has 0 aromatic heterocycles. The topological polar surface area (TPSA) is 101 Å². The van der Waals surface area contributed by atoms with Crippen LogP contribution in [-0.2, 0) is 10.0 Å². The third kappa shape index (κ3) is 3.78. The number of nitro groups is 1. The van der Waals surface area contributed by atoms with E-state index in [-0.39, 0.29) is 22.2 Å². The van der Waals surface area contributed by atoms with E-state index in [1.54, 1.807) is 0 Å². The molecule has 1 aromatic carbocycles. The lowest BCUT2D eigenvalue weighted by Gasteiger charge is -2.17. The molecule has 2 N–H and O–H groups in total. The highest BCUT2D eigenvalue weighted by Crippen LogP contribution is 2.25. The molecule has 1 aliphatic rings. The van der Waals surface area contributed by atoms with Crippen LogP contribution in [-0.4, -0.2) is 32.5 Å². The Morgan fingerprint density at radius 3 is 2.81 bits per heavy atom. The molecule has 1 saturated heterocycles. The number of hydrogen-bond donors (Lipinski definition) is 2. The summed E-state index contributed by atoms with van der Waals surface area (Å²) in [7, 11) is -3.75. The third-order valence-corrected chi connectivity index (χ3v) is 5.30. The van der Waals surface area contributed by atoms with E-state index in [0.717, 1.165) is 25.9 Å². The lowest BCUT2D eigenvalue weighted by atomic mass is 10.1. The molecule has 0 saturated carbocycles. The van der Waals surface area contributed by atoms with Crippen molar-refractivity contribution in [2.45, 2.75) is 37.1 Å². The summed E-state index contributed by atoms with van der Waals surface area (Å²) in [5, 5.41) is 14.1. The van der Waals surface area contributed by atoms with Crippen molar-refractivity contribution in [3.05, 3.63) is 33.9 Å². The highest BCUT2D eigenvalue weighted by molar-refractivity contribution is 7.89. The van der Waals surface area contributed by atoms with Gasteiger partial charge in [-0.15, -0.1) is 0 Å². The fraction of sp³-hybridized carbons (Fsp3) is 0.538. The van der Waals surface area contributed by atoms with Crippen LogP contribution in [0.1, 0.15) is 24.8 Å². The van der Waals surface area contributed by atoms with E-state index in [2.05, 4.69) is 10.0 Å². The van der Waals surface area contributed by atoms with Gasteiger partial charge in [-0.05, 0) is 45.3 Å². The first-order valence-electron chi connectivity index (χ1n) is 6.89. The van der Waals surface area contributed by atoms with Gasteiger partial charge in [0.05, 0.1) is 9.82 Å². The van der Waals surface area contributed by atoms with Gasteiger partial charge in [0.1, 0.15) is 0 Å². The van der Waals surface area contributed by atoms with Crippen LogP contribution in [0.2, 0.25) is 0 Å². The summed E-state index contributed by atoms with van der Waals surface area (Å²) in [6.07, 6.45) is 2.38. The van der Waals surface area contributed by atoms with E-state index in [9.17, 15) is 18.5 Å². The summed E-state index contributed by atoms with van der Waals surface area (Å²) in [5.74, 6) is 0. The maximum absolute atomic E-state index is 12.5. The fourth-order valence-electron chi connectivity index (χ4n) is 2.51. The van der Waals surface area contributed by atoms with Gasteiger partial charge in [-0.25, -0.2) is 13.1 Å². The van der Waals surface area contributed by atoms with Crippen molar-refractivity contribution in [3.63, 3.8) is 0 Å². The lowest BCUT2D eigenvalue weighted by molar-refractivity contribution is -0.385. The molecule has 21 heavy (non-hydrogen) atoms. The molecule has 0 spiro atoms. The van der Waals surface area contributed by atoms with E-state index in [4.69, 9.17) is 0 Å². The van der Waals surface area contributed by atoms with Gasteiger partial charge in [0.15, 0.2) is 0 Å². The first-order chi connectivity index (χ1) is 9.92. The van der Waals surface area contributed by atoms with Gasteiger partial charge in [0, 0.05) is 17.7 Å². The molecular weight excluding hydrogens is 294 g/mol. The van der Waals surface area contributed by atoms with Crippen LogP contribution in [0.5, 0.6) is 0 Å². The lowest BCUT2D eigenvalue weighted by Crippen LogP contribution is -2.35. The minimum absolute atomic E-state index is 0.0195. The molecule has 0 radical (unpaired) electrons. The fourth-order valence-corrected chi connectivity index (χ4v) is 4.08. The predicted octanol–water partition coefficient (Wildman–Crippen LogP) is 1.32. The van der Waals surface area contributed by atoms with Crippen molar-refractivity contribution in [3.8, 4) is 0 Å². The standard InChI is InChI=1S/C13H19N3O4S/c1-10-12(16(17)18)5-2-6-13(10)21(19,20)15-11-4-3-8-14-9-7-11/h2,5-6,11,14-15H,3-4,7-9H2,1H3. The predicted molar refractivity (Wildman–Crippen MR) is 78.7 cm³/mol. The molecule has 7 nitrogen and oxygen atoms in total. The SMILES string of the molecule is Cc1c([N+](=O)[O-])cccc1S(=O)(=O)NC1CCCNCC1. The normalized spacial score (nSPS) is 20.0. The maximum atomic E-state index is 12.5. The van der Waals surface area contributed by atoms with E-state index in [1.165, 1.54) is 25.1 Å². The van der Waals surface area contributed by atoms with Gasteiger partial charge in [0.25, 0.3) is 5.69 Å². The minimum atomic E-state index is -3.75. The quantitative estimate of drug-likeness (QED) is 0.645. The Kier molecular flexibility index (Phi) is 4.92. The summed E-state index contributed by atoms with van der Waals surface area (Å²) >= 11 is 0. The van der Waals surface area contributed by atoms with E-state index in [0.29, 0.717) is 6.42 Å². The minimum Gasteiger partial charge on any atom is -0.317 e. The van der Waals surface area contributed by atoms with E-state index >= 15 is 0 Å². The summed E-state index contributed by atoms with van der Waals surface area (Å²) in [5.41, 5.74) is -0.0119. The largest absolute Gasteiger partial charge is 0.317 e. The molecule has 0 aliphatic carbocycles. The molecule has 116 valence electrons. The zero-order valence-corrected chi connectivity index (χ0v) is 12.6. The summed E-state index contributed by atoms with van der Waals surface area (Å²) in [6.45, 7) is 3.11. The molecule has 1 unspecified atom stereocenters. The van der Waals surface area contributed by atoms with Gasteiger partial charge in [0.2, 0.25) is 10.0 Å². The van der Waals surface area contributed by atoms with Crippen LogP contribution < -0.4 is 10.0 Å². The molecule has 0 bridgehead atoms. The Bertz CT molecular complexity index is 622. The van der Waals surface area contributed by atoms with Crippen LogP contribution >= 0.6 is 0 Å². The number of benzene rings is 1. The molecular formula is C13H19N3O4S. The van der Waals surface area contributed by atoms with Gasteiger partial charge in [-0.3, -0.25) is 10.1 Å². The van der Waals surface area contributed by atoms with Gasteiger partial charge < -0.3 is 5.32 Å². The molecule has 2 rings (SSSR count).